The molecule has 2 unspecified atom stereocenters. The van der Waals surface area contributed by atoms with Gasteiger partial charge in [0.25, 0.3) is 0 Å². The number of fused-ring (bicyclic) bond motifs is 1. The van der Waals surface area contributed by atoms with Gasteiger partial charge < -0.3 is 26.3 Å². The van der Waals surface area contributed by atoms with E-state index in [-0.39, 0.29) is 29.8 Å². The number of furan rings is 2. The summed E-state index contributed by atoms with van der Waals surface area (Å²) in [5.41, 5.74) is 5.69. The minimum Gasteiger partial charge on any atom is -1.00 e. The Labute approximate surface area is 168 Å². The van der Waals surface area contributed by atoms with E-state index in [2.05, 4.69) is 47.2 Å². The first kappa shape index (κ1) is 17.1. The van der Waals surface area contributed by atoms with Crippen LogP contribution in [0.1, 0.15) is 46.3 Å². The monoisotopic (exact) mass is 391 g/mol. The summed E-state index contributed by atoms with van der Waals surface area (Å²) < 4.78 is 13.4. The van der Waals surface area contributed by atoms with Gasteiger partial charge in [0, 0.05) is 35.2 Å². The number of phenolic OH excluding ortho intramolecular Hbond substituents is 1. The molecule has 0 fully saturated rings. The van der Waals surface area contributed by atoms with Crippen LogP contribution in [-0.2, 0) is 5.41 Å². The van der Waals surface area contributed by atoms with Crippen molar-refractivity contribution in [2.24, 2.45) is 0 Å². The number of aromatic nitrogens is 1. The summed E-state index contributed by atoms with van der Waals surface area (Å²) in [7, 11) is 0. The van der Waals surface area contributed by atoms with Crippen molar-refractivity contribution in [2.45, 2.75) is 23.8 Å². The molecule has 1 aromatic carbocycles. The molecular formula is C23H18ClNO3. The first-order valence-corrected chi connectivity index (χ1v) is 9.17. The van der Waals surface area contributed by atoms with E-state index in [4.69, 9.17) is 8.83 Å². The van der Waals surface area contributed by atoms with Crippen LogP contribution in [0.5, 0.6) is 5.75 Å². The molecule has 2 aliphatic heterocycles. The highest BCUT2D eigenvalue weighted by molar-refractivity contribution is 5.55. The zero-order valence-corrected chi connectivity index (χ0v) is 15.7. The Morgan fingerprint density at radius 3 is 2.36 bits per heavy atom. The summed E-state index contributed by atoms with van der Waals surface area (Å²) in [6, 6.07) is 16.5. The zero-order valence-electron chi connectivity index (χ0n) is 15.0. The Kier molecular flexibility index (Phi) is 3.68. The molecule has 28 heavy (non-hydrogen) atoms. The van der Waals surface area contributed by atoms with E-state index < -0.39 is 0 Å². The van der Waals surface area contributed by atoms with Gasteiger partial charge >= 0.3 is 0 Å². The summed E-state index contributed by atoms with van der Waals surface area (Å²) in [4.78, 5) is 0. The van der Waals surface area contributed by atoms with Crippen LogP contribution in [0.3, 0.4) is 0 Å². The molecule has 7 rings (SSSR count). The van der Waals surface area contributed by atoms with Crippen LogP contribution in [0.25, 0.3) is 0 Å². The van der Waals surface area contributed by atoms with Crippen LogP contribution < -0.4 is 17.0 Å². The van der Waals surface area contributed by atoms with Crippen molar-refractivity contribution < 1.29 is 30.9 Å². The molecule has 140 valence electrons. The normalized spacial score (nSPS) is 20.9. The highest BCUT2D eigenvalue weighted by Gasteiger charge is 2.60. The molecule has 0 saturated carbocycles. The molecular weight excluding hydrogens is 374 g/mol. The predicted molar refractivity (Wildman–Crippen MR) is 97.5 cm³/mol. The van der Waals surface area contributed by atoms with Gasteiger partial charge in [-0.3, -0.25) is 0 Å². The lowest BCUT2D eigenvalue weighted by Gasteiger charge is -2.48. The van der Waals surface area contributed by atoms with Crippen molar-refractivity contribution in [1.82, 2.24) is 0 Å². The van der Waals surface area contributed by atoms with Crippen molar-refractivity contribution >= 4 is 0 Å². The molecule has 0 amide bonds. The second-order valence-electron chi connectivity index (χ2n) is 7.49. The third-order valence-corrected chi connectivity index (χ3v) is 6.38. The molecule has 2 bridgehead atoms. The molecule has 4 aromatic rings. The number of pyridine rings is 1. The minimum absolute atomic E-state index is 0. The SMILES string of the molecule is Oc1ccc2c(c1)C1c3cccc[n+]3C2CC1(c1ccoc1)c1ccoc1.[Cl-]. The largest absolute Gasteiger partial charge is 1.00 e. The van der Waals surface area contributed by atoms with E-state index in [1.807, 2.05) is 18.6 Å². The van der Waals surface area contributed by atoms with E-state index in [1.165, 1.54) is 16.8 Å². The average molecular weight is 392 g/mol. The number of halogens is 1. The lowest BCUT2D eigenvalue weighted by Crippen LogP contribution is -3.00. The third kappa shape index (κ3) is 2.04. The van der Waals surface area contributed by atoms with Gasteiger partial charge in [0.1, 0.15) is 5.75 Å². The summed E-state index contributed by atoms with van der Waals surface area (Å²) in [5, 5.41) is 10.3. The van der Waals surface area contributed by atoms with E-state index >= 15 is 0 Å². The van der Waals surface area contributed by atoms with Crippen LogP contribution >= 0.6 is 0 Å². The van der Waals surface area contributed by atoms with Crippen LogP contribution in [0, 0.1) is 0 Å². The topological polar surface area (TPSA) is 50.4 Å². The fourth-order valence-electron chi connectivity index (χ4n) is 5.34. The van der Waals surface area contributed by atoms with Gasteiger partial charge in [0.05, 0.1) is 36.4 Å². The van der Waals surface area contributed by atoms with E-state index in [0.29, 0.717) is 5.75 Å². The Morgan fingerprint density at radius 2 is 1.68 bits per heavy atom. The Balaban J connectivity index is 0.00000171. The standard InChI is InChI=1S/C23H17NO3.ClH/c25-17-4-5-18-19(11-17)22-20-3-1-2-8-24(20)21(18)12-23(22,15-6-9-26-13-15)16-7-10-27-14-16;/h1-11,13-14,21-22H,12H2;1H. The predicted octanol–water partition coefficient (Wildman–Crippen LogP) is 1.29. The molecule has 0 radical (unpaired) electrons. The molecule has 1 N–H and O–H groups in total. The van der Waals surface area contributed by atoms with Crippen LogP contribution in [0.4, 0.5) is 0 Å². The molecule has 4 nitrogen and oxygen atoms in total. The van der Waals surface area contributed by atoms with Crippen LogP contribution in [-0.4, -0.2) is 5.11 Å². The fraction of sp³-hybridized carbons (Fsp3) is 0.174. The first-order valence-electron chi connectivity index (χ1n) is 9.17. The molecule has 3 aliphatic rings. The lowest BCUT2D eigenvalue weighted by atomic mass is 9.54. The maximum atomic E-state index is 10.3. The van der Waals surface area contributed by atoms with Gasteiger partial charge in [-0.05, 0) is 35.9 Å². The summed E-state index contributed by atoms with van der Waals surface area (Å²) in [6.45, 7) is 0. The number of hydrogen-bond donors (Lipinski definition) is 1. The van der Waals surface area contributed by atoms with Gasteiger partial charge in [-0.2, -0.15) is 4.57 Å². The Morgan fingerprint density at radius 1 is 0.929 bits per heavy atom. The van der Waals surface area contributed by atoms with Crippen molar-refractivity contribution in [3.8, 4) is 5.75 Å². The van der Waals surface area contributed by atoms with Gasteiger partial charge in [-0.1, -0.05) is 6.07 Å². The quantitative estimate of drug-likeness (QED) is 0.524. The number of hydrogen-bond acceptors (Lipinski definition) is 3. The van der Waals surface area contributed by atoms with Crippen molar-refractivity contribution in [3.05, 3.63) is 108 Å². The van der Waals surface area contributed by atoms with Crippen molar-refractivity contribution in [3.63, 3.8) is 0 Å². The van der Waals surface area contributed by atoms with Gasteiger partial charge in [-0.15, -0.1) is 0 Å². The molecule has 5 heteroatoms. The first-order chi connectivity index (χ1) is 13.3. The number of benzene rings is 1. The number of rotatable bonds is 2. The average Bonchev–Trinajstić information content (AvgIpc) is 3.42. The van der Waals surface area contributed by atoms with Crippen LogP contribution in [0.15, 0.2) is 88.6 Å². The minimum atomic E-state index is -0.299. The lowest BCUT2D eigenvalue weighted by molar-refractivity contribution is -0.732. The van der Waals surface area contributed by atoms with Gasteiger partial charge in [-0.25, -0.2) is 0 Å². The second kappa shape index (κ2) is 6.01. The summed E-state index contributed by atoms with van der Waals surface area (Å²) in [6.07, 6.45) is 10.3. The van der Waals surface area contributed by atoms with Gasteiger partial charge in [0.15, 0.2) is 17.9 Å². The highest BCUT2D eigenvalue weighted by Crippen LogP contribution is 2.59. The van der Waals surface area contributed by atoms with E-state index in [1.54, 1.807) is 18.6 Å². The van der Waals surface area contributed by atoms with E-state index in [9.17, 15) is 5.11 Å². The number of aromatic hydroxyl groups is 1. The summed E-state index contributed by atoms with van der Waals surface area (Å²) in [5.74, 6) is 0.359. The molecule has 2 atom stereocenters. The molecule has 0 saturated heterocycles. The Bertz CT molecular complexity index is 1100. The fourth-order valence-corrected chi connectivity index (χ4v) is 5.34. The third-order valence-electron chi connectivity index (χ3n) is 6.38. The molecule has 3 aromatic heterocycles. The van der Waals surface area contributed by atoms with Crippen molar-refractivity contribution in [1.29, 1.82) is 0 Å². The van der Waals surface area contributed by atoms with Gasteiger partial charge in [0.2, 0.25) is 0 Å². The van der Waals surface area contributed by atoms with Crippen LogP contribution in [0.2, 0.25) is 0 Å². The maximum absolute atomic E-state index is 10.3. The Hall–Kier alpha value is -2.98. The van der Waals surface area contributed by atoms with E-state index in [0.717, 1.165) is 17.5 Å². The second-order valence-corrected chi connectivity index (χ2v) is 7.49. The van der Waals surface area contributed by atoms with Crippen molar-refractivity contribution in [2.75, 3.05) is 0 Å². The summed E-state index contributed by atoms with van der Waals surface area (Å²) >= 11 is 0. The molecule has 1 aliphatic carbocycles. The number of nitrogens with zero attached hydrogens (tertiary/aromatic N) is 1. The highest BCUT2D eigenvalue weighted by atomic mass is 35.5. The maximum Gasteiger partial charge on any atom is 0.190 e. The smallest absolute Gasteiger partial charge is 0.190 e. The zero-order chi connectivity index (χ0) is 18.0. The molecule has 0 spiro atoms. The molecule has 5 heterocycles. The number of phenols is 1.